The molecule has 1 unspecified atom stereocenters. The van der Waals surface area contributed by atoms with Crippen molar-refractivity contribution in [3.8, 4) is 0 Å². The molecule has 1 aromatic rings. The first-order chi connectivity index (χ1) is 11.4. The first kappa shape index (κ1) is 17.9. The Morgan fingerprint density at radius 3 is 2.71 bits per heavy atom. The topological polar surface area (TPSA) is 90.8 Å². The van der Waals surface area contributed by atoms with Crippen LogP contribution in [-0.2, 0) is 9.59 Å². The summed E-state index contributed by atoms with van der Waals surface area (Å²) >= 11 is 0. The Morgan fingerprint density at radius 2 is 2.08 bits per heavy atom. The number of amides is 2. The van der Waals surface area contributed by atoms with Crippen molar-refractivity contribution in [2.24, 2.45) is 0 Å². The molecule has 0 spiro atoms. The standard InChI is InChI=1S/C17H23N3O4/c1-12-5-3-8-18-16(12)17(24)19-9-4-6-14(7-10-19)20(13(2)21)11-15(22)23/h3,5,8,14H,4,6-7,9-11H2,1-2H3,(H,22,23). The average molecular weight is 333 g/mol. The number of nitrogens with zero attached hydrogens (tertiary/aromatic N) is 3. The van der Waals surface area contributed by atoms with Crippen LogP contribution in [0.25, 0.3) is 0 Å². The Balaban J connectivity index is 2.07. The number of aromatic nitrogens is 1. The summed E-state index contributed by atoms with van der Waals surface area (Å²) in [6.45, 7) is 4.01. The number of hydrogen-bond donors (Lipinski definition) is 1. The van der Waals surface area contributed by atoms with Gasteiger partial charge >= 0.3 is 5.97 Å². The maximum absolute atomic E-state index is 12.7. The number of hydrogen-bond acceptors (Lipinski definition) is 4. The largest absolute Gasteiger partial charge is 0.480 e. The highest BCUT2D eigenvalue weighted by Crippen LogP contribution is 2.19. The zero-order valence-corrected chi connectivity index (χ0v) is 14.1. The van der Waals surface area contributed by atoms with E-state index in [-0.39, 0.29) is 24.4 Å². The third kappa shape index (κ3) is 4.31. The number of carbonyl (C=O) groups excluding carboxylic acids is 2. The lowest BCUT2D eigenvalue weighted by Crippen LogP contribution is -2.43. The van der Waals surface area contributed by atoms with Gasteiger partial charge in [-0.3, -0.25) is 19.4 Å². The highest BCUT2D eigenvalue weighted by atomic mass is 16.4. The molecule has 1 aliphatic heterocycles. The fourth-order valence-corrected chi connectivity index (χ4v) is 3.10. The predicted octanol–water partition coefficient (Wildman–Crippen LogP) is 1.32. The lowest BCUT2D eigenvalue weighted by Gasteiger charge is -2.28. The number of rotatable bonds is 4. The van der Waals surface area contributed by atoms with Crippen molar-refractivity contribution in [2.45, 2.75) is 39.2 Å². The number of pyridine rings is 1. The number of likely N-dealkylation sites (tertiary alicyclic amines) is 1. The maximum atomic E-state index is 12.7. The van der Waals surface area contributed by atoms with Crippen molar-refractivity contribution in [1.82, 2.24) is 14.8 Å². The van der Waals surface area contributed by atoms with Gasteiger partial charge in [0.25, 0.3) is 5.91 Å². The Bertz CT molecular complexity index is 632. The lowest BCUT2D eigenvalue weighted by atomic mass is 10.1. The molecule has 2 amide bonds. The summed E-state index contributed by atoms with van der Waals surface area (Å²) in [7, 11) is 0. The number of carbonyl (C=O) groups is 3. The summed E-state index contributed by atoms with van der Waals surface area (Å²) in [6.07, 6.45) is 3.60. The molecule has 0 bridgehead atoms. The highest BCUT2D eigenvalue weighted by Gasteiger charge is 2.28. The van der Waals surface area contributed by atoms with Gasteiger partial charge in [0.15, 0.2) is 0 Å². The molecular formula is C17H23N3O4. The van der Waals surface area contributed by atoms with E-state index in [0.29, 0.717) is 31.6 Å². The van der Waals surface area contributed by atoms with Crippen LogP contribution in [0, 0.1) is 6.92 Å². The van der Waals surface area contributed by atoms with Crippen molar-refractivity contribution in [2.75, 3.05) is 19.6 Å². The van der Waals surface area contributed by atoms with Crippen LogP contribution in [0.3, 0.4) is 0 Å². The first-order valence-electron chi connectivity index (χ1n) is 8.10. The molecular weight excluding hydrogens is 310 g/mol. The molecule has 1 aliphatic rings. The van der Waals surface area contributed by atoms with E-state index in [4.69, 9.17) is 5.11 Å². The smallest absolute Gasteiger partial charge is 0.323 e. The normalized spacial score (nSPS) is 17.9. The fourth-order valence-electron chi connectivity index (χ4n) is 3.10. The van der Waals surface area contributed by atoms with E-state index in [2.05, 4.69) is 4.98 Å². The van der Waals surface area contributed by atoms with Gasteiger partial charge < -0.3 is 14.9 Å². The molecule has 0 aromatic carbocycles. The molecule has 7 nitrogen and oxygen atoms in total. The van der Waals surface area contributed by atoms with Crippen molar-refractivity contribution < 1.29 is 19.5 Å². The van der Waals surface area contributed by atoms with E-state index < -0.39 is 5.97 Å². The van der Waals surface area contributed by atoms with Crippen molar-refractivity contribution >= 4 is 17.8 Å². The van der Waals surface area contributed by atoms with Gasteiger partial charge in [-0.15, -0.1) is 0 Å². The Labute approximate surface area is 141 Å². The zero-order chi connectivity index (χ0) is 17.7. The summed E-state index contributed by atoms with van der Waals surface area (Å²) in [5.74, 6) is -1.38. The minimum atomic E-state index is -1.02. The van der Waals surface area contributed by atoms with Crippen molar-refractivity contribution in [3.05, 3.63) is 29.6 Å². The van der Waals surface area contributed by atoms with Crippen LogP contribution in [0.2, 0.25) is 0 Å². The predicted molar refractivity (Wildman–Crippen MR) is 87.5 cm³/mol. The Morgan fingerprint density at radius 1 is 1.33 bits per heavy atom. The first-order valence-corrected chi connectivity index (χ1v) is 8.10. The fraction of sp³-hybridized carbons (Fsp3) is 0.529. The SMILES string of the molecule is CC(=O)N(CC(=O)O)C1CCCN(C(=O)c2ncccc2C)CC1. The molecule has 0 radical (unpaired) electrons. The molecule has 24 heavy (non-hydrogen) atoms. The molecule has 1 saturated heterocycles. The molecule has 1 aromatic heterocycles. The van der Waals surface area contributed by atoms with Crippen LogP contribution in [0.15, 0.2) is 18.3 Å². The number of aryl methyl sites for hydroxylation is 1. The summed E-state index contributed by atoms with van der Waals surface area (Å²) in [5, 5.41) is 8.99. The minimum Gasteiger partial charge on any atom is -0.480 e. The van der Waals surface area contributed by atoms with Crippen LogP contribution in [-0.4, -0.2) is 63.4 Å². The molecule has 0 saturated carbocycles. The van der Waals surface area contributed by atoms with E-state index >= 15 is 0 Å². The van der Waals surface area contributed by atoms with E-state index in [1.54, 1.807) is 17.2 Å². The second-order valence-corrected chi connectivity index (χ2v) is 6.09. The molecule has 1 fully saturated rings. The van der Waals surface area contributed by atoms with Gasteiger partial charge in [0.1, 0.15) is 12.2 Å². The van der Waals surface area contributed by atoms with Crippen LogP contribution >= 0.6 is 0 Å². The number of aliphatic carboxylic acids is 1. The van der Waals surface area contributed by atoms with Gasteiger partial charge in [-0.05, 0) is 37.8 Å². The molecule has 130 valence electrons. The summed E-state index contributed by atoms with van der Waals surface area (Å²) < 4.78 is 0. The highest BCUT2D eigenvalue weighted by molar-refractivity contribution is 5.93. The average Bonchev–Trinajstić information content (AvgIpc) is 2.78. The quantitative estimate of drug-likeness (QED) is 0.897. The van der Waals surface area contributed by atoms with E-state index in [1.165, 1.54) is 11.8 Å². The summed E-state index contributed by atoms with van der Waals surface area (Å²) in [5.41, 5.74) is 1.28. The lowest BCUT2D eigenvalue weighted by molar-refractivity contribution is -0.145. The summed E-state index contributed by atoms with van der Waals surface area (Å²) in [6, 6.07) is 3.49. The second kappa shape index (κ2) is 7.90. The molecule has 1 atom stereocenters. The minimum absolute atomic E-state index is 0.110. The molecule has 1 N–H and O–H groups in total. The van der Waals surface area contributed by atoms with Gasteiger partial charge in [-0.2, -0.15) is 0 Å². The van der Waals surface area contributed by atoms with Crippen LogP contribution in [0.4, 0.5) is 0 Å². The van der Waals surface area contributed by atoms with Gasteiger partial charge in [-0.1, -0.05) is 6.07 Å². The molecule has 0 aliphatic carbocycles. The number of carboxylic acid groups (broad SMARTS) is 1. The van der Waals surface area contributed by atoms with E-state index in [9.17, 15) is 14.4 Å². The van der Waals surface area contributed by atoms with Gasteiger partial charge in [0.05, 0.1) is 0 Å². The zero-order valence-electron chi connectivity index (χ0n) is 14.1. The molecule has 2 rings (SSSR count). The Hall–Kier alpha value is -2.44. The monoisotopic (exact) mass is 333 g/mol. The van der Waals surface area contributed by atoms with E-state index in [0.717, 1.165) is 12.0 Å². The van der Waals surface area contributed by atoms with Crippen LogP contribution < -0.4 is 0 Å². The van der Waals surface area contributed by atoms with Crippen LogP contribution in [0.1, 0.15) is 42.2 Å². The molecule has 7 heteroatoms. The second-order valence-electron chi connectivity index (χ2n) is 6.09. The van der Waals surface area contributed by atoms with Gasteiger partial charge in [0.2, 0.25) is 5.91 Å². The Kier molecular flexibility index (Phi) is 5.89. The van der Waals surface area contributed by atoms with Gasteiger partial charge in [-0.25, -0.2) is 0 Å². The third-order valence-corrected chi connectivity index (χ3v) is 4.35. The van der Waals surface area contributed by atoms with Crippen molar-refractivity contribution in [1.29, 1.82) is 0 Å². The maximum Gasteiger partial charge on any atom is 0.323 e. The summed E-state index contributed by atoms with van der Waals surface area (Å²) in [4.78, 5) is 42.7. The van der Waals surface area contributed by atoms with Gasteiger partial charge in [0, 0.05) is 32.3 Å². The van der Waals surface area contributed by atoms with Crippen LogP contribution in [0.5, 0.6) is 0 Å². The number of carboxylic acids is 1. The molecule has 2 heterocycles. The third-order valence-electron chi connectivity index (χ3n) is 4.35. The van der Waals surface area contributed by atoms with E-state index in [1.807, 2.05) is 13.0 Å². The van der Waals surface area contributed by atoms with Crippen molar-refractivity contribution in [3.63, 3.8) is 0 Å².